The van der Waals surface area contributed by atoms with Crippen molar-refractivity contribution in [3.8, 4) is 0 Å². The third-order valence-electron chi connectivity index (χ3n) is 3.68. The maximum atomic E-state index is 12.2. The maximum Gasteiger partial charge on any atom is 0.251 e. The molecule has 2 atom stereocenters. The molecule has 0 saturated heterocycles. The highest BCUT2D eigenvalue weighted by Crippen LogP contribution is 2.23. The summed E-state index contributed by atoms with van der Waals surface area (Å²) in [6.45, 7) is 2.01. The molecule has 0 bridgehead atoms. The van der Waals surface area contributed by atoms with E-state index in [0.29, 0.717) is 5.56 Å². The average Bonchev–Trinajstić information content (AvgIpc) is 2.58. The van der Waals surface area contributed by atoms with Crippen LogP contribution in [-0.4, -0.2) is 17.3 Å². The van der Waals surface area contributed by atoms with Crippen molar-refractivity contribution in [3.63, 3.8) is 0 Å². The molecule has 1 aliphatic carbocycles. The van der Waals surface area contributed by atoms with Crippen LogP contribution in [0.5, 0.6) is 0 Å². The number of carbonyl (C=O) groups excluding carboxylic acids is 1. The van der Waals surface area contributed by atoms with Gasteiger partial charge in [-0.05, 0) is 37.5 Å². The summed E-state index contributed by atoms with van der Waals surface area (Å²) in [5, 5.41) is 3.14. The fourth-order valence-corrected chi connectivity index (χ4v) is 3.13. The predicted octanol–water partition coefficient (Wildman–Crippen LogP) is 4.43. The van der Waals surface area contributed by atoms with Crippen molar-refractivity contribution in [1.29, 1.82) is 0 Å². The Morgan fingerprint density at radius 3 is 2.79 bits per heavy atom. The number of benzene rings is 1. The number of alkyl halides is 1. The maximum absolute atomic E-state index is 12.2. The minimum absolute atomic E-state index is 0.0294. The molecule has 2 rings (SSSR count). The third-order valence-corrected chi connectivity index (χ3v) is 5.06. The normalized spacial score (nSPS) is 23.7. The SMILES string of the molecule is Cc1ccc(C(=O)NC2CCCCCC2Cl)cc1Br. The molecule has 1 amide bonds. The lowest BCUT2D eigenvalue weighted by atomic mass is 10.1. The number of aryl methyl sites for hydroxylation is 1. The van der Waals surface area contributed by atoms with Crippen LogP contribution in [0.4, 0.5) is 0 Å². The van der Waals surface area contributed by atoms with Crippen LogP contribution in [0.25, 0.3) is 0 Å². The Kier molecular flexibility index (Phi) is 5.28. The Morgan fingerprint density at radius 2 is 2.05 bits per heavy atom. The van der Waals surface area contributed by atoms with Gasteiger partial charge in [-0.15, -0.1) is 11.6 Å². The Bertz CT molecular complexity index is 463. The van der Waals surface area contributed by atoms with Crippen molar-refractivity contribution in [1.82, 2.24) is 5.32 Å². The number of hydrogen-bond acceptors (Lipinski definition) is 1. The molecule has 1 aliphatic rings. The van der Waals surface area contributed by atoms with Crippen LogP contribution in [0.3, 0.4) is 0 Å². The lowest BCUT2D eigenvalue weighted by molar-refractivity contribution is 0.0934. The number of halogens is 2. The van der Waals surface area contributed by atoms with Gasteiger partial charge in [0, 0.05) is 16.1 Å². The fourth-order valence-electron chi connectivity index (χ4n) is 2.41. The average molecular weight is 345 g/mol. The summed E-state index contributed by atoms with van der Waals surface area (Å²) in [6, 6.07) is 5.77. The van der Waals surface area contributed by atoms with Crippen LogP contribution in [-0.2, 0) is 0 Å². The summed E-state index contributed by atoms with van der Waals surface area (Å²) in [5.41, 5.74) is 1.81. The zero-order valence-electron chi connectivity index (χ0n) is 11.1. The van der Waals surface area contributed by atoms with E-state index in [1.165, 1.54) is 6.42 Å². The predicted molar refractivity (Wildman–Crippen MR) is 82.9 cm³/mol. The first-order valence-corrected chi connectivity index (χ1v) is 8.02. The minimum Gasteiger partial charge on any atom is -0.348 e. The quantitative estimate of drug-likeness (QED) is 0.624. The van der Waals surface area contributed by atoms with E-state index in [0.717, 1.165) is 35.7 Å². The van der Waals surface area contributed by atoms with Crippen molar-refractivity contribution < 1.29 is 4.79 Å². The van der Waals surface area contributed by atoms with Gasteiger partial charge in [0.1, 0.15) is 0 Å². The van der Waals surface area contributed by atoms with E-state index in [1.54, 1.807) is 0 Å². The van der Waals surface area contributed by atoms with Gasteiger partial charge in [0.25, 0.3) is 5.91 Å². The van der Waals surface area contributed by atoms with E-state index in [2.05, 4.69) is 21.2 Å². The molecule has 0 aliphatic heterocycles. The molecule has 104 valence electrons. The molecule has 1 aromatic carbocycles. The number of carbonyl (C=O) groups is 1. The molecule has 0 aromatic heterocycles. The molecule has 0 radical (unpaired) electrons. The first-order chi connectivity index (χ1) is 9.08. The number of amides is 1. The molecule has 2 unspecified atom stereocenters. The Hall–Kier alpha value is -0.540. The summed E-state index contributed by atoms with van der Waals surface area (Å²) < 4.78 is 0.962. The number of nitrogens with one attached hydrogen (secondary N) is 1. The van der Waals surface area contributed by atoms with Crippen LogP contribution >= 0.6 is 27.5 Å². The topological polar surface area (TPSA) is 29.1 Å². The molecule has 0 spiro atoms. The van der Waals surface area contributed by atoms with Crippen LogP contribution in [0.1, 0.15) is 48.0 Å². The molecule has 1 aromatic rings. The molecular weight excluding hydrogens is 326 g/mol. The summed E-state index contributed by atoms with van der Waals surface area (Å²) in [6.07, 6.45) is 5.49. The summed E-state index contributed by atoms with van der Waals surface area (Å²) in [5.74, 6) is -0.0294. The number of rotatable bonds is 2. The second-order valence-electron chi connectivity index (χ2n) is 5.20. The van der Waals surface area contributed by atoms with Crippen molar-refractivity contribution in [2.24, 2.45) is 0 Å². The lowest BCUT2D eigenvalue weighted by Gasteiger charge is -2.21. The smallest absolute Gasteiger partial charge is 0.251 e. The van der Waals surface area contributed by atoms with E-state index in [9.17, 15) is 4.79 Å². The Balaban J connectivity index is 2.05. The van der Waals surface area contributed by atoms with Gasteiger partial charge in [0.15, 0.2) is 0 Å². The number of hydrogen-bond donors (Lipinski definition) is 1. The van der Waals surface area contributed by atoms with Crippen LogP contribution in [0, 0.1) is 6.92 Å². The first kappa shape index (κ1) is 14.9. The molecule has 2 nitrogen and oxygen atoms in total. The largest absolute Gasteiger partial charge is 0.348 e. The first-order valence-electron chi connectivity index (χ1n) is 6.79. The highest BCUT2D eigenvalue weighted by Gasteiger charge is 2.23. The zero-order chi connectivity index (χ0) is 13.8. The summed E-state index contributed by atoms with van der Waals surface area (Å²) >= 11 is 9.81. The van der Waals surface area contributed by atoms with Gasteiger partial charge in [-0.3, -0.25) is 4.79 Å². The minimum atomic E-state index is -0.0294. The van der Waals surface area contributed by atoms with Crippen molar-refractivity contribution in [2.75, 3.05) is 0 Å². The standard InChI is InChI=1S/C15H19BrClNO/c1-10-7-8-11(9-12(10)16)15(19)18-14-6-4-2-3-5-13(14)17/h7-9,13-14H,2-6H2,1H3,(H,18,19). The van der Waals surface area contributed by atoms with E-state index in [4.69, 9.17) is 11.6 Å². The van der Waals surface area contributed by atoms with Gasteiger partial charge in [0.05, 0.1) is 5.38 Å². The van der Waals surface area contributed by atoms with Gasteiger partial charge >= 0.3 is 0 Å². The summed E-state index contributed by atoms with van der Waals surface area (Å²) in [4.78, 5) is 12.2. The van der Waals surface area contributed by atoms with Crippen LogP contribution in [0.15, 0.2) is 22.7 Å². The molecule has 19 heavy (non-hydrogen) atoms. The van der Waals surface area contributed by atoms with Gasteiger partial charge < -0.3 is 5.32 Å². The van der Waals surface area contributed by atoms with Gasteiger partial charge in [-0.1, -0.05) is 41.3 Å². The molecular formula is C15H19BrClNO. The van der Waals surface area contributed by atoms with Crippen LogP contribution < -0.4 is 5.32 Å². The molecule has 4 heteroatoms. The second-order valence-corrected chi connectivity index (χ2v) is 6.61. The monoisotopic (exact) mass is 343 g/mol. The Morgan fingerprint density at radius 1 is 1.32 bits per heavy atom. The zero-order valence-corrected chi connectivity index (χ0v) is 13.4. The van der Waals surface area contributed by atoms with E-state index in [-0.39, 0.29) is 17.3 Å². The van der Waals surface area contributed by atoms with Crippen molar-refractivity contribution in [3.05, 3.63) is 33.8 Å². The Labute approximate surface area is 128 Å². The van der Waals surface area contributed by atoms with E-state index in [1.807, 2.05) is 25.1 Å². The van der Waals surface area contributed by atoms with Gasteiger partial charge in [-0.2, -0.15) is 0 Å². The third kappa shape index (κ3) is 3.96. The van der Waals surface area contributed by atoms with E-state index >= 15 is 0 Å². The lowest BCUT2D eigenvalue weighted by Crippen LogP contribution is -2.40. The molecule has 1 saturated carbocycles. The fraction of sp³-hybridized carbons (Fsp3) is 0.533. The second kappa shape index (κ2) is 6.76. The van der Waals surface area contributed by atoms with E-state index < -0.39 is 0 Å². The molecule has 1 N–H and O–H groups in total. The summed E-state index contributed by atoms with van der Waals surface area (Å²) in [7, 11) is 0. The van der Waals surface area contributed by atoms with Gasteiger partial charge in [-0.25, -0.2) is 0 Å². The highest BCUT2D eigenvalue weighted by atomic mass is 79.9. The highest BCUT2D eigenvalue weighted by molar-refractivity contribution is 9.10. The van der Waals surface area contributed by atoms with Crippen LogP contribution in [0.2, 0.25) is 0 Å². The molecule has 1 fully saturated rings. The van der Waals surface area contributed by atoms with Gasteiger partial charge in [0.2, 0.25) is 0 Å². The van der Waals surface area contributed by atoms with Crippen molar-refractivity contribution in [2.45, 2.75) is 50.4 Å². The molecule has 0 heterocycles. The van der Waals surface area contributed by atoms with Crippen molar-refractivity contribution >= 4 is 33.4 Å².